The molecule has 0 bridgehead atoms. The zero-order valence-electron chi connectivity index (χ0n) is 9.69. The third-order valence-electron chi connectivity index (χ3n) is 2.91. The van der Waals surface area contributed by atoms with E-state index in [1.165, 1.54) is 0 Å². The zero-order valence-corrected chi connectivity index (χ0v) is 9.69. The molecule has 1 unspecified atom stereocenters. The van der Waals surface area contributed by atoms with Crippen LogP contribution < -0.4 is 5.32 Å². The number of carbonyl (C=O) groups is 1. The van der Waals surface area contributed by atoms with Crippen molar-refractivity contribution in [2.24, 2.45) is 5.92 Å². The van der Waals surface area contributed by atoms with Gasteiger partial charge < -0.3 is 15.2 Å². The summed E-state index contributed by atoms with van der Waals surface area (Å²) in [4.78, 5) is 11.8. The summed E-state index contributed by atoms with van der Waals surface area (Å²) in [6, 6.07) is 6.90. The molecular weight excluding hydrogens is 218 g/mol. The van der Waals surface area contributed by atoms with Crippen molar-refractivity contribution in [3.8, 4) is 5.75 Å². The summed E-state index contributed by atoms with van der Waals surface area (Å²) in [7, 11) is 0. The first kappa shape index (κ1) is 11.9. The van der Waals surface area contributed by atoms with E-state index in [9.17, 15) is 9.90 Å². The Morgan fingerprint density at radius 3 is 3.12 bits per heavy atom. The lowest BCUT2D eigenvalue weighted by atomic mass is 10.0. The number of ether oxygens (including phenoxy) is 1. The van der Waals surface area contributed by atoms with E-state index in [-0.39, 0.29) is 17.6 Å². The van der Waals surface area contributed by atoms with Gasteiger partial charge in [0.1, 0.15) is 5.75 Å². The molecule has 1 aromatic carbocycles. The number of carbonyl (C=O) groups excluding carboxylic acids is 1. The molecule has 1 heterocycles. The minimum absolute atomic E-state index is 0.0268. The van der Waals surface area contributed by atoms with Gasteiger partial charge in [0, 0.05) is 13.2 Å². The predicted octanol–water partition coefficient (Wildman–Crippen LogP) is 1.43. The fraction of sp³-hybridized carbons (Fsp3) is 0.462. The van der Waals surface area contributed by atoms with Crippen LogP contribution in [-0.2, 0) is 16.1 Å². The smallest absolute Gasteiger partial charge is 0.225 e. The quantitative estimate of drug-likeness (QED) is 0.833. The van der Waals surface area contributed by atoms with Crippen LogP contribution in [0.2, 0.25) is 0 Å². The first-order valence-electron chi connectivity index (χ1n) is 5.89. The summed E-state index contributed by atoms with van der Waals surface area (Å²) in [6.45, 7) is 1.73. The summed E-state index contributed by atoms with van der Waals surface area (Å²) in [5.74, 6) is 0.229. The molecule has 2 rings (SSSR count). The molecule has 1 fully saturated rings. The van der Waals surface area contributed by atoms with Gasteiger partial charge in [-0.15, -0.1) is 0 Å². The molecule has 92 valence electrons. The molecule has 0 aliphatic carbocycles. The van der Waals surface area contributed by atoms with Gasteiger partial charge in [-0.2, -0.15) is 0 Å². The first-order chi connectivity index (χ1) is 8.25. The summed E-state index contributed by atoms with van der Waals surface area (Å²) in [5.41, 5.74) is 0.898. The largest absolute Gasteiger partial charge is 0.508 e. The number of phenols is 1. The summed E-state index contributed by atoms with van der Waals surface area (Å²) < 4.78 is 5.27. The lowest BCUT2D eigenvalue weighted by molar-refractivity contribution is -0.129. The van der Waals surface area contributed by atoms with E-state index >= 15 is 0 Å². The normalized spacial score (nSPS) is 19.9. The Morgan fingerprint density at radius 1 is 1.53 bits per heavy atom. The second-order valence-corrected chi connectivity index (χ2v) is 4.30. The number of aromatic hydroxyl groups is 1. The van der Waals surface area contributed by atoms with Gasteiger partial charge in [0.05, 0.1) is 12.5 Å². The maximum Gasteiger partial charge on any atom is 0.225 e. The van der Waals surface area contributed by atoms with E-state index in [0.29, 0.717) is 13.2 Å². The standard InChI is InChI=1S/C13H17NO3/c15-12-5-1-3-10(7-12)8-14-13(16)11-4-2-6-17-9-11/h1,3,5,7,11,15H,2,4,6,8-9H2,(H,14,16). The summed E-state index contributed by atoms with van der Waals surface area (Å²) in [6.07, 6.45) is 1.84. The van der Waals surface area contributed by atoms with Crippen molar-refractivity contribution in [3.63, 3.8) is 0 Å². The first-order valence-corrected chi connectivity index (χ1v) is 5.89. The third kappa shape index (κ3) is 3.46. The Kier molecular flexibility index (Phi) is 3.98. The van der Waals surface area contributed by atoms with Crippen LogP contribution in [0, 0.1) is 5.92 Å². The van der Waals surface area contributed by atoms with E-state index in [2.05, 4.69) is 5.32 Å². The topological polar surface area (TPSA) is 58.6 Å². The highest BCUT2D eigenvalue weighted by atomic mass is 16.5. The maximum atomic E-state index is 11.8. The molecule has 1 aliphatic heterocycles. The van der Waals surface area contributed by atoms with E-state index in [4.69, 9.17) is 4.74 Å². The van der Waals surface area contributed by atoms with Crippen LogP contribution >= 0.6 is 0 Å². The Balaban J connectivity index is 1.83. The third-order valence-corrected chi connectivity index (χ3v) is 2.91. The van der Waals surface area contributed by atoms with Crippen LogP contribution in [-0.4, -0.2) is 24.2 Å². The Morgan fingerprint density at radius 2 is 2.41 bits per heavy atom. The van der Waals surface area contributed by atoms with Crippen molar-refractivity contribution in [2.45, 2.75) is 19.4 Å². The van der Waals surface area contributed by atoms with E-state index in [1.54, 1.807) is 18.2 Å². The van der Waals surface area contributed by atoms with Crippen LogP contribution in [0.4, 0.5) is 0 Å². The molecule has 17 heavy (non-hydrogen) atoms. The zero-order chi connectivity index (χ0) is 12.1. The van der Waals surface area contributed by atoms with Crippen molar-refractivity contribution in [2.75, 3.05) is 13.2 Å². The molecule has 1 atom stereocenters. The van der Waals surface area contributed by atoms with E-state index in [0.717, 1.165) is 25.0 Å². The lowest BCUT2D eigenvalue weighted by Crippen LogP contribution is -2.35. The van der Waals surface area contributed by atoms with Gasteiger partial charge >= 0.3 is 0 Å². The predicted molar refractivity (Wildman–Crippen MR) is 63.5 cm³/mol. The number of phenolic OH excluding ortho intramolecular Hbond substituents is 1. The second kappa shape index (κ2) is 5.68. The molecule has 1 saturated heterocycles. The van der Waals surface area contributed by atoms with Crippen LogP contribution in [0.3, 0.4) is 0 Å². The van der Waals surface area contributed by atoms with Crippen molar-refractivity contribution < 1.29 is 14.6 Å². The number of amides is 1. The van der Waals surface area contributed by atoms with Gasteiger partial charge in [-0.05, 0) is 30.5 Å². The number of benzene rings is 1. The molecule has 4 nitrogen and oxygen atoms in total. The highest BCUT2D eigenvalue weighted by Gasteiger charge is 2.21. The maximum absolute atomic E-state index is 11.8. The number of hydrogen-bond acceptors (Lipinski definition) is 3. The number of hydrogen-bond donors (Lipinski definition) is 2. The molecule has 4 heteroatoms. The molecule has 1 aliphatic rings. The second-order valence-electron chi connectivity index (χ2n) is 4.30. The van der Waals surface area contributed by atoms with E-state index < -0.39 is 0 Å². The van der Waals surface area contributed by atoms with Gasteiger partial charge in [-0.1, -0.05) is 12.1 Å². The van der Waals surface area contributed by atoms with Gasteiger partial charge in [0.25, 0.3) is 0 Å². The van der Waals surface area contributed by atoms with Gasteiger partial charge in [-0.3, -0.25) is 4.79 Å². The Bertz CT molecular complexity index is 386. The monoisotopic (exact) mass is 235 g/mol. The van der Waals surface area contributed by atoms with Crippen LogP contribution in [0.5, 0.6) is 5.75 Å². The van der Waals surface area contributed by atoms with Crippen LogP contribution in [0.15, 0.2) is 24.3 Å². The SMILES string of the molecule is O=C(NCc1cccc(O)c1)C1CCCOC1. The molecule has 0 saturated carbocycles. The molecule has 0 spiro atoms. The minimum atomic E-state index is -0.0268. The lowest BCUT2D eigenvalue weighted by Gasteiger charge is -2.21. The fourth-order valence-electron chi connectivity index (χ4n) is 1.95. The van der Waals surface area contributed by atoms with Crippen molar-refractivity contribution in [3.05, 3.63) is 29.8 Å². The molecular formula is C13H17NO3. The average molecular weight is 235 g/mol. The minimum Gasteiger partial charge on any atom is -0.508 e. The number of rotatable bonds is 3. The van der Waals surface area contributed by atoms with E-state index in [1.807, 2.05) is 6.07 Å². The molecule has 1 amide bonds. The molecule has 1 aromatic rings. The average Bonchev–Trinajstić information content (AvgIpc) is 2.37. The van der Waals surface area contributed by atoms with Crippen molar-refractivity contribution in [1.82, 2.24) is 5.32 Å². The Hall–Kier alpha value is -1.55. The molecule has 0 radical (unpaired) electrons. The van der Waals surface area contributed by atoms with Gasteiger partial charge in [0.2, 0.25) is 5.91 Å². The summed E-state index contributed by atoms with van der Waals surface area (Å²) in [5, 5.41) is 12.2. The molecule has 2 N–H and O–H groups in total. The highest BCUT2D eigenvalue weighted by molar-refractivity contribution is 5.78. The summed E-state index contributed by atoms with van der Waals surface area (Å²) >= 11 is 0. The van der Waals surface area contributed by atoms with Crippen molar-refractivity contribution >= 4 is 5.91 Å². The van der Waals surface area contributed by atoms with Gasteiger partial charge in [0.15, 0.2) is 0 Å². The van der Waals surface area contributed by atoms with Gasteiger partial charge in [-0.25, -0.2) is 0 Å². The Labute approximate surface area is 101 Å². The fourth-order valence-corrected chi connectivity index (χ4v) is 1.95. The molecule has 0 aromatic heterocycles. The van der Waals surface area contributed by atoms with Crippen molar-refractivity contribution in [1.29, 1.82) is 0 Å². The highest BCUT2D eigenvalue weighted by Crippen LogP contribution is 2.14. The van der Waals surface area contributed by atoms with Crippen LogP contribution in [0.1, 0.15) is 18.4 Å². The number of nitrogens with one attached hydrogen (secondary N) is 1. The van der Waals surface area contributed by atoms with Crippen LogP contribution in [0.25, 0.3) is 0 Å².